The molecule has 166 valence electrons. The zero-order valence-electron chi connectivity index (χ0n) is 18.9. The van der Waals surface area contributed by atoms with Crippen molar-refractivity contribution in [1.29, 1.82) is 0 Å². The average molecular weight is 431 g/mol. The lowest BCUT2D eigenvalue weighted by atomic mass is 9.81. The van der Waals surface area contributed by atoms with Crippen LogP contribution in [0.5, 0.6) is 0 Å². The Morgan fingerprint density at radius 3 is 2.16 bits per heavy atom. The second kappa shape index (κ2) is 9.99. The molecule has 0 bridgehead atoms. The van der Waals surface area contributed by atoms with Gasteiger partial charge in [-0.2, -0.15) is 0 Å². The minimum Gasteiger partial charge on any atom is -0.317 e. The number of nitrogens with one attached hydrogen (secondary N) is 1. The molecule has 0 aromatic heterocycles. The molecule has 0 saturated heterocycles. The smallest absolute Gasteiger partial charge is 0.317 e. The number of rotatable bonds is 5. The molecular weight excluding hydrogens is 399 g/mol. The third kappa shape index (κ3) is 5.01. The van der Waals surface area contributed by atoms with Crippen LogP contribution in [0.15, 0.2) is 72.8 Å². The summed E-state index contributed by atoms with van der Waals surface area (Å²) in [5.41, 5.74) is 4.81. The summed E-state index contributed by atoms with van der Waals surface area (Å²) in [6.45, 7) is 4.26. The molecule has 2 amide bonds. The van der Waals surface area contributed by atoms with Gasteiger partial charge in [-0.1, -0.05) is 66.7 Å². The number of nitrogens with zero attached hydrogens (tertiary/aromatic N) is 1. The molecule has 1 aliphatic rings. The maximum Gasteiger partial charge on any atom is 0.322 e. The van der Waals surface area contributed by atoms with Gasteiger partial charge in [-0.15, -0.1) is 0 Å². The number of hydrogen-bond acceptors (Lipinski definition) is 1. The standard InChI is InChI=1S/C28H31FN2O/c1-20-9-8-10-21(2)27(20)30-28(32)31(19-24-13-6-7-14-26(24)29)25-17-15-23(16-18-25)22-11-4-3-5-12-22/h3-14,23,25H,15-19H2,1-2H3,(H,30,32)/t23-,25-. The molecule has 0 radical (unpaired) electrons. The van der Waals surface area contributed by atoms with Crippen molar-refractivity contribution < 1.29 is 9.18 Å². The molecular formula is C28H31FN2O. The summed E-state index contributed by atoms with van der Waals surface area (Å²) in [6.07, 6.45) is 3.88. The highest BCUT2D eigenvalue weighted by molar-refractivity contribution is 5.91. The van der Waals surface area contributed by atoms with Crippen molar-refractivity contribution in [2.75, 3.05) is 5.32 Å². The summed E-state index contributed by atoms with van der Waals surface area (Å²) < 4.78 is 14.5. The van der Waals surface area contributed by atoms with E-state index in [2.05, 4.69) is 29.6 Å². The van der Waals surface area contributed by atoms with Crippen LogP contribution in [-0.2, 0) is 6.54 Å². The molecule has 0 spiro atoms. The van der Waals surface area contributed by atoms with E-state index in [-0.39, 0.29) is 24.4 Å². The van der Waals surface area contributed by atoms with Crippen LogP contribution in [0.2, 0.25) is 0 Å². The Balaban J connectivity index is 1.54. The summed E-state index contributed by atoms with van der Waals surface area (Å²) in [5.74, 6) is 0.250. The largest absolute Gasteiger partial charge is 0.322 e. The van der Waals surface area contributed by atoms with Crippen molar-refractivity contribution in [3.8, 4) is 0 Å². The third-order valence-electron chi connectivity index (χ3n) is 6.68. The first kappa shape index (κ1) is 22.1. The monoisotopic (exact) mass is 430 g/mol. The highest BCUT2D eigenvalue weighted by Gasteiger charge is 2.30. The fraction of sp³-hybridized carbons (Fsp3) is 0.321. The van der Waals surface area contributed by atoms with Crippen molar-refractivity contribution >= 4 is 11.7 Å². The molecule has 1 fully saturated rings. The van der Waals surface area contributed by atoms with E-state index in [1.807, 2.05) is 49.1 Å². The van der Waals surface area contributed by atoms with E-state index in [0.717, 1.165) is 42.5 Å². The second-order valence-electron chi connectivity index (χ2n) is 8.83. The van der Waals surface area contributed by atoms with Crippen LogP contribution >= 0.6 is 0 Å². The zero-order chi connectivity index (χ0) is 22.5. The number of carbonyl (C=O) groups is 1. The number of benzene rings is 3. The van der Waals surface area contributed by atoms with E-state index in [1.54, 1.807) is 12.1 Å². The van der Waals surface area contributed by atoms with Gasteiger partial charge >= 0.3 is 6.03 Å². The fourth-order valence-electron chi connectivity index (χ4n) is 4.81. The van der Waals surface area contributed by atoms with Gasteiger partial charge in [0.25, 0.3) is 0 Å². The minimum atomic E-state index is -0.268. The number of halogens is 1. The van der Waals surface area contributed by atoms with Crippen LogP contribution < -0.4 is 5.32 Å². The number of hydrogen-bond donors (Lipinski definition) is 1. The topological polar surface area (TPSA) is 32.3 Å². The first-order valence-corrected chi connectivity index (χ1v) is 11.4. The van der Waals surface area contributed by atoms with Crippen molar-refractivity contribution in [3.63, 3.8) is 0 Å². The van der Waals surface area contributed by atoms with E-state index < -0.39 is 0 Å². The molecule has 1 saturated carbocycles. The van der Waals surface area contributed by atoms with Gasteiger partial charge in [0.1, 0.15) is 5.82 Å². The van der Waals surface area contributed by atoms with E-state index >= 15 is 0 Å². The predicted molar refractivity (Wildman–Crippen MR) is 128 cm³/mol. The normalized spacial score (nSPS) is 18.2. The Kier molecular flexibility index (Phi) is 6.89. The third-order valence-corrected chi connectivity index (χ3v) is 6.68. The summed E-state index contributed by atoms with van der Waals surface area (Å²) in [7, 11) is 0. The molecule has 1 aliphatic carbocycles. The average Bonchev–Trinajstić information content (AvgIpc) is 2.82. The van der Waals surface area contributed by atoms with Crippen molar-refractivity contribution in [2.45, 2.75) is 58.0 Å². The molecule has 0 unspecified atom stereocenters. The van der Waals surface area contributed by atoms with Gasteiger partial charge in [0.2, 0.25) is 0 Å². The van der Waals surface area contributed by atoms with Crippen molar-refractivity contribution in [2.24, 2.45) is 0 Å². The Labute approximate surface area is 190 Å². The molecule has 3 nitrogen and oxygen atoms in total. The minimum absolute atomic E-state index is 0.0823. The maximum atomic E-state index is 14.5. The van der Waals surface area contributed by atoms with E-state index in [0.29, 0.717) is 11.5 Å². The van der Waals surface area contributed by atoms with Crippen LogP contribution in [0.1, 0.15) is 53.9 Å². The summed E-state index contributed by atoms with van der Waals surface area (Å²) in [4.78, 5) is 15.3. The quantitative estimate of drug-likeness (QED) is 0.456. The molecule has 4 heteroatoms. The van der Waals surface area contributed by atoms with Crippen LogP contribution in [0, 0.1) is 19.7 Å². The number of carbonyl (C=O) groups excluding carboxylic acids is 1. The first-order chi connectivity index (χ1) is 15.5. The van der Waals surface area contributed by atoms with E-state index in [9.17, 15) is 9.18 Å². The summed E-state index contributed by atoms with van der Waals surface area (Å²) in [6, 6.07) is 23.2. The Hall–Kier alpha value is -3.14. The Morgan fingerprint density at radius 2 is 1.50 bits per heavy atom. The maximum absolute atomic E-state index is 14.5. The van der Waals surface area contributed by atoms with Gasteiger partial charge in [-0.3, -0.25) is 0 Å². The van der Waals surface area contributed by atoms with Gasteiger partial charge in [-0.25, -0.2) is 9.18 Å². The molecule has 3 aromatic carbocycles. The lowest BCUT2D eigenvalue weighted by molar-refractivity contribution is 0.157. The van der Waals surface area contributed by atoms with Gasteiger partial charge in [0.15, 0.2) is 0 Å². The second-order valence-corrected chi connectivity index (χ2v) is 8.83. The number of urea groups is 1. The Bertz CT molecular complexity index is 1040. The zero-order valence-corrected chi connectivity index (χ0v) is 18.9. The first-order valence-electron chi connectivity index (χ1n) is 11.4. The SMILES string of the molecule is Cc1cccc(C)c1NC(=O)N(Cc1ccccc1F)[C@H]1CC[C@H](c2ccccc2)CC1. The fourth-order valence-corrected chi connectivity index (χ4v) is 4.81. The number of para-hydroxylation sites is 1. The molecule has 0 atom stereocenters. The van der Waals surface area contributed by atoms with E-state index in [4.69, 9.17) is 0 Å². The number of anilines is 1. The van der Waals surface area contributed by atoms with Gasteiger partial charge in [-0.05, 0) is 68.2 Å². The number of aryl methyl sites for hydroxylation is 2. The van der Waals surface area contributed by atoms with Gasteiger partial charge in [0.05, 0.1) is 6.54 Å². The predicted octanol–water partition coefficient (Wildman–Crippen LogP) is 7.20. The van der Waals surface area contributed by atoms with E-state index in [1.165, 1.54) is 11.6 Å². The molecule has 0 heterocycles. The molecule has 0 aliphatic heterocycles. The van der Waals surface area contributed by atoms with Crippen molar-refractivity contribution in [3.05, 3.63) is 101 Å². The summed E-state index contributed by atoms with van der Waals surface area (Å²) in [5, 5.41) is 3.12. The van der Waals surface area contributed by atoms with Gasteiger partial charge in [0, 0.05) is 17.3 Å². The lowest BCUT2D eigenvalue weighted by Gasteiger charge is -2.37. The molecule has 3 aromatic rings. The highest BCUT2D eigenvalue weighted by atomic mass is 19.1. The van der Waals surface area contributed by atoms with Crippen LogP contribution in [0.25, 0.3) is 0 Å². The van der Waals surface area contributed by atoms with Crippen molar-refractivity contribution in [1.82, 2.24) is 4.90 Å². The number of amides is 2. The van der Waals surface area contributed by atoms with Gasteiger partial charge < -0.3 is 10.2 Å². The lowest BCUT2D eigenvalue weighted by Crippen LogP contribution is -2.44. The molecule has 32 heavy (non-hydrogen) atoms. The Morgan fingerprint density at radius 1 is 0.875 bits per heavy atom. The van der Waals surface area contributed by atoms with Crippen LogP contribution in [0.4, 0.5) is 14.9 Å². The summed E-state index contributed by atoms with van der Waals surface area (Å²) >= 11 is 0. The molecule has 1 N–H and O–H groups in total. The molecule has 4 rings (SSSR count). The highest BCUT2D eigenvalue weighted by Crippen LogP contribution is 2.35. The van der Waals surface area contributed by atoms with Crippen LogP contribution in [-0.4, -0.2) is 17.0 Å². The van der Waals surface area contributed by atoms with Crippen LogP contribution in [0.3, 0.4) is 0 Å².